The van der Waals surface area contributed by atoms with Crippen LogP contribution in [-0.2, 0) is 5.41 Å². The van der Waals surface area contributed by atoms with Crippen molar-refractivity contribution in [2.75, 3.05) is 36.8 Å². The van der Waals surface area contributed by atoms with Gasteiger partial charge in [-0.1, -0.05) is 19.9 Å². The van der Waals surface area contributed by atoms with Gasteiger partial charge in [0.2, 0.25) is 0 Å². The predicted octanol–water partition coefficient (Wildman–Crippen LogP) is 4.39. The van der Waals surface area contributed by atoms with E-state index >= 15 is 0 Å². The number of carbonyl (C=O) groups is 1. The summed E-state index contributed by atoms with van der Waals surface area (Å²) in [6, 6.07) is 10.0. The van der Waals surface area contributed by atoms with Gasteiger partial charge in [0.05, 0.1) is 11.3 Å². The number of phenolic OH excluding ortho intramolecular Hbond substituents is 1. The molecule has 33 heavy (non-hydrogen) atoms. The summed E-state index contributed by atoms with van der Waals surface area (Å²) in [5, 5.41) is 11.9. The van der Waals surface area contributed by atoms with E-state index in [2.05, 4.69) is 34.7 Å². The van der Waals surface area contributed by atoms with Crippen molar-refractivity contribution in [3.8, 4) is 5.75 Å². The smallest absolute Gasteiger partial charge is 0.195 e. The van der Waals surface area contributed by atoms with Crippen molar-refractivity contribution >= 4 is 28.1 Å². The third kappa shape index (κ3) is 3.07. The van der Waals surface area contributed by atoms with E-state index in [0.717, 1.165) is 53.8 Å². The molecular weight excluding hydrogens is 412 g/mol. The van der Waals surface area contributed by atoms with Crippen LogP contribution in [-0.4, -0.2) is 53.0 Å². The Morgan fingerprint density at radius 2 is 1.79 bits per heavy atom. The molecule has 2 aliphatic heterocycles. The van der Waals surface area contributed by atoms with Gasteiger partial charge in [-0.15, -0.1) is 0 Å². The number of H-pyrrole nitrogens is 1. The molecule has 2 fully saturated rings. The second-order valence-corrected chi connectivity index (χ2v) is 10.5. The molecule has 3 aromatic rings. The number of nitrogens with two attached hydrogens (primary N) is 1. The second kappa shape index (κ2) is 7.26. The van der Waals surface area contributed by atoms with Crippen LogP contribution in [0.1, 0.15) is 66.7 Å². The van der Waals surface area contributed by atoms with E-state index in [4.69, 9.17) is 5.73 Å². The number of fused-ring (bicyclic) bond motifs is 4. The Morgan fingerprint density at radius 3 is 2.52 bits per heavy atom. The molecule has 1 aromatic heterocycles. The molecule has 2 aromatic carbocycles. The first-order valence-electron chi connectivity index (χ1n) is 12.2. The Kier molecular flexibility index (Phi) is 4.53. The lowest BCUT2D eigenvalue weighted by atomic mass is 9.71. The van der Waals surface area contributed by atoms with Gasteiger partial charge in [0.25, 0.3) is 0 Å². The molecule has 6 heteroatoms. The highest BCUT2D eigenvalue weighted by Crippen LogP contribution is 2.47. The first-order valence-corrected chi connectivity index (χ1v) is 12.2. The summed E-state index contributed by atoms with van der Waals surface area (Å²) >= 11 is 0. The summed E-state index contributed by atoms with van der Waals surface area (Å²) in [4.78, 5) is 22.0. The summed E-state index contributed by atoms with van der Waals surface area (Å²) in [6.07, 6.45) is 4.87. The van der Waals surface area contributed by atoms with Crippen molar-refractivity contribution < 1.29 is 9.90 Å². The van der Waals surface area contributed by atoms with E-state index in [0.29, 0.717) is 22.9 Å². The number of hydrogen-bond acceptors (Lipinski definition) is 5. The molecule has 2 saturated heterocycles. The van der Waals surface area contributed by atoms with Gasteiger partial charge in [0.15, 0.2) is 5.78 Å². The van der Waals surface area contributed by atoms with Gasteiger partial charge >= 0.3 is 0 Å². The van der Waals surface area contributed by atoms with Crippen molar-refractivity contribution in [2.24, 2.45) is 0 Å². The molecule has 0 unspecified atom stereocenters. The Labute approximate surface area is 194 Å². The fourth-order valence-corrected chi connectivity index (χ4v) is 6.30. The molecule has 0 saturated carbocycles. The number of aromatic amines is 1. The van der Waals surface area contributed by atoms with Crippen molar-refractivity contribution in [3.63, 3.8) is 0 Å². The van der Waals surface area contributed by atoms with Crippen molar-refractivity contribution in [3.05, 3.63) is 52.7 Å². The van der Waals surface area contributed by atoms with Gasteiger partial charge in [-0.05, 0) is 68.6 Å². The SMILES string of the molecule is CC1(C)c2cc(N3CCC(N4CCCC4)CC3)c(O)cc2C(=O)c2c1[nH]c1cc(N)ccc21. The summed E-state index contributed by atoms with van der Waals surface area (Å²) in [5.41, 5.74) is 11.2. The number of benzene rings is 2. The maximum absolute atomic E-state index is 13.6. The van der Waals surface area contributed by atoms with Gasteiger partial charge in [0, 0.05) is 52.4 Å². The maximum atomic E-state index is 13.6. The standard InChI is InChI=1S/C27H32N4O2/c1-27(2)20-15-22(31-11-7-17(8-12-31)30-9-3-4-10-30)23(32)14-19(20)25(33)24-18-6-5-16(28)13-21(18)29-26(24)27/h5-6,13-15,17,29,32H,3-4,7-12,28H2,1-2H3. The highest BCUT2D eigenvalue weighted by Gasteiger charge is 2.41. The number of piperidine rings is 1. The van der Waals surface area contributed by atoms with Gasteiger partial charge in [0.1, 0.15) is 5.75 Å². The molecule has 3 heterocycles. The number of nitrogens with zero attached hydrogens (tertiary/aromatic N) is 2. The van der Waals surface area contributed by atoms with Crippen LogP contribution < -0.4 is 10.6 Å². The third-order valence-corrected chi connectivity index (χ3v) is 8.17. The Morgan fingerprint density at radius 1 is 1.06 bits per heavy atom. The number of aromatic hydroxyl groups is 1. The normalized spacial score (nSPS) is 20.9. The lowest BCUT2D eigenvalue weighted by molar-refractivity contribution is 0.103. The van der Waals surface area contributed by atoms with Crippen LogP contribution >= 0.6 is 0 Å². The quantitative estimate of drug-likeness (QED) is 0.511. The number of phenols is 1. The van der Waals surface area contributed by atoms with E-state index in [1.807, 2.05) is 18.2 Å². The second-order valence-electron chi connectivity index (χ2n) is 10.5. The van der Waals surface area contributed by atoms with Crippen LogP contribution in [0.5, 0.6) is 5.75 Å². The van der Waals surface area contributed by atoms with Crippen LogP contribution in [0.4, 0.5) is 11.4 Å². The minimum Gasteiger partial charge on any atom is -0.506 e. The highest BCUT2D eigenvalue weighted by molar-refractivity contribution is 6.20. The molecule has 1 aliphatic carbocycles. The maximum Gasteiger partial charge on any atom is 0.195 e. The predicted molar refractivity (Wildman–Crippen MR) is 132 cm³/mol. The number of rotatable bonds is 2. The summed E-state index contributed by atoms with van der Waals surface area (Å²) < 4.78 is 0. The molecule has 6 nitrogen and oxygen atoms in total. The zero-order valence-electron chi connectivity index (χ0n) is 19.4. The van der Waals surface area contributed by atoms with Gasteiger partial charge in [-0.25, -0.2) is 0 Å². The lowest BCUT2D eigenvalue weighted by Gasteiger charge is -2.39. The summed E-state index contributed by atoms with van der Waals surface area (Å²) in [5.74, 6) is 0.162. The van der Waals surface area contributed by atoms with E-state index in [-0.39, 0.29) is 11.5 Å². The topological polar surface area (TPSA) is 85.6 Å². The van der Waals surface area contributed by atoms with Crippen LogP contribution in [0.2, 0.25) is 0 Å². The van der Waals surface area contributed by atoms with E-state index in [1.54, 1.807) is 6.07 Å². The van der Waals surface area contributed by atoms with Crippen LogP contribution in [0, 0.1) is 0 Å². The Bertz CT molecular complexity index is 1260. The van der Waals surface area contributed by atoms with Crippen LogP contribution in [0.3, 0.4) is 0 Å². The molecule has 0 spiro atoms. The zero-order valence-corrected chi connectivity index (χ0v) is 19.4. The Hall–Kier alpha value is -2.99. The number of nitrogen functional groups attached to an aromatic ring is 1. The monoisotopic (exact) mass is 444 g/mol. The van der Waals surface area contributed by atoms with Crippen LogP contribution in [0.25, 0.3) is 10.9 Å². The van der Waals surface area contributed by atoms with Crippen molar-refractivity contribution in [1.29, 1.82) is 0 Å². The lowest BCUT2D eigenvalue weighted by Crippen LogP contribution is -2.44. The number of ketones is 1. The molecule has 0 amide bonds. The average Bonchev–Trinajstić information content (AvgIpc) is 3.46. The number of likely N-dealkylation sites (tertiary alicyclic amines) is 1. The summed E-state index contributed by atoms with van der Waals surface area (Å²) in [7, 11) is 0. The number of carbonyl (C=O) groups excluding carboxylic acids is 1. The zero-order chi connectivity index (χ0) is 22.9. The molecule has 0 atom stereocenters. The van der Waals surface area contributed by atoms with Crippen molar-refractivity contribution in [2.45, 2.75) is 51.0 Å². The third-order valence-electron chi connectivity index (χ3n) is 8.17. The molecule has 6 rings (SSSR count). The summed E-state index contributed by atoms with van der Waals surface area (Å²) in [6.45, 7) is 8.61. The molecule has 3 aliphatic rings. The highest BCUT2D eigenvalue weighted by atomic mass is 16.3. The van der Waals surface area contributed by atoms with Crippen LogP contribution in [0.15, 0.2) is 30.3 Å². The van der Waals surface area contributed by atoms with E-state index in [9.17, 15) is 9.90 Å². The number of hydrogen-bond donors (Lipinski definition) is 3. The number of anilines is 2. The fourth-order valence-electron chi connectivity index (χ4n) is 6.30. The largest absolute Gasteiger partial charge is 0.506 e. The number of nitrogens with one attached hydrogen (secondary N) is 1. The first kappa shape index (κ1) is 20.6. The first-order chi connectivity index (χ1) is 15.8. The molecule has 0 radical (unpaired) electrons. The van der Waals surface area contributed by atoms with Gasteiger partial charge < -0.3 is 25.6 Å². The van der Waals surface area contributed by atoms with Gasteiger partial charge in [-0.2, -0.15) is 0 Å². The fraction of sp³-hybridized carbons (Fsp3) is 0.444. The van der Waals surface area contributed by atoms with Crippen molar-refractivity contribution in [1.82, 2.24) is 9.88 Å². The van der Waals surface area contributed by atoms with Gasteiger partial charge in [-0.3, -0.25) is 4.79 Å². The number of aromatic nitrogens is 1. The van der Waals surface area contributed by atoms with E-state index in [1.165, 1.54) is 25.9 Å². The minimum absolute atomic E-state index is 0.0371. The minimum atomic E-state index is -0.400. The molecular formula is C27H32N4O2. The molecule has 4 N–H and O–H groups in total. The van der Waals surface area contributed by atoms with E-state index < -0.39 is 5.41 Å². The average molecular weight is 445 g/mol. The molecule has 0 bridgehead atoms. The molecule has 172 valence electrons. The Balaban J connectivity index is 1.37.